The maximum atomic E-state index is 5.78. The van der Waals surface area contributed by atoms with Crippen molar-refractivity contribution in [3.63, 3.8) is 0 Å². The van der Waals surface area contributed by atoms with E-state index in [0.29, 0.717) is 0 Å². The quantitative estimate of drug-likeness (QED) is 0.714. The lowest BCUT2D eigenvalue weighted by Gasteiger charge is -2.22. The van der Waals surface area contributed by atoms with Gasteiger partial charge in [0, 0.05) is 35.5 Å². The second kappa shape index (κ2) is 5.54. The summed E-state index contributed by atoms with van der Waals surface area (Å²) in [5, 5.41) is 5.64. The second-order valence-corrected chi connectivity index (χ2v) is 5.95. The maximum Gasteiger partial charge on any atom is 0.150 e. The number of aryl methyl sites for hydroxylation is 1. The van der Waals surface area contributed by atoms with E-state index in [9.17, 15) is 0 Å². The molecule has 1 aliphatic heterocycles. The highest BCUT2D eigenvalue weighted by molar-refractivity contribution is 5.83. The van der Waals surface area contributed by atoms with Crippen molar-refractivity contribution in [3.05, 3.63) is 48.4 Å². The van der Waals surface area contributed by atoms with E-state index < -0.39 is 0 Å². The van der Waals surface area contributed by atoms with Crippen LogP contribution in [0, 0.1) is 6.92 Å². The van der Waals surface area contributed by atoms with Crippen molar-refractivity contribution in [2.75, 3.05) is 6.61 Å². The van der Waals surface area contributed by atoms with Crippen molar-refractivity contribution in [1.82, 2.24) is 14.8 Å². The van der Waals surface area contributed by atoms with Gasteiger partial charge in [-0.25, -0.2) is 4.68 Å². The first kappa shape index (κ1) is 13.5. The fourth-order valence-electron chi connectivity index (χ4n) is 2.99. The summed E-state index contributed by atoms with van der Waals surface area (Å²) in [5.41, 5.74) is 4.46. The molecule has 1 aromatic carbocycles. The zero-order chi connectivity index (χ0) is 14.9. The van der Waals surface area contributed by atoms with Gasteiger partial charge in [0.05, 0.1) is 11.7 Å². The summed E-state index contributed by atoms with van der Waals surface area (Å²) in [6, 6.07) is 8.50. The zero-order valence-corrected chi connectivity index (χ0v) is 12.7. The van der Waals surface area contributed by atoms with Crippen molar-refractivity contribution in [2.24, 2.45) is 0 Å². The number of hydrogen-bond donors (Lipinski definition) is 0. The van der Waals surface area contributed by atoms with Gasteiger partial charge in [-0.1, -0.05) is 11.6 Å². The van der Waals surface area contributed by atoms with Crippen molar-refractivity contribution in [3.8, 4) is 11.1 Å². The first-order valence-electron chi connectivity index (χ1n) is 7.82. The Bertz CT molecular complexity index is 803. The Hall–Kier alpha value is -2.20. The van der Waals surface area contributed by atoms with Crippen LogP contribution in [0.2, 0.25) is 0 Å². The van der Waals surface area contributed by atoms with Crippen LogP contribution in [0.3, 0.4) is 0 Å². The van der Waals surface area contributed by atoms with Crippen LogP contribution in [0.4, 0.5) is 0 Å². The average molecular weight is 293 g/mol. The number of rotatable bonds is 2. The van der Waals surface area contributed by atoms with Gasteiger partial charge in [-0.3, -0.25) is 4.98 Å². The van der Waals surface area contributed by atoms with Gasteiger partial charge in [-0.15, -0.1) is 0 Å². The Labute approximate surface area is 129 Å². The summed E-state index contributed by atoms with van der Waals surface area (Å²) in [6.07, 6.45) is 9.36. The van der Waals surface area contributed by atoms with E-state index >= 15 is 0 Å². The second-order valence-electron chi connectivity index (χ2n) is 5.95. The first-order valence-corrected chi connectivity index (χ1v) is 7.82. The van der Waals surface area contributed by atoms with Crippen LogP contribution >= 0.6 is 0 Å². The van der Waals surface area contributed by atoms with Crippen molar-refractivity contribution < 1.29 is 4.74 Å². The summed E-state index contributed by atoms with van der Waals surface area (Å²) in [5.74, 6) is 0. The predicted octanol–water partition coefficient (Wildman–Crippen LogP) is 4.11. The molecule has 1 fully saturated rings. The molecule has 1 unspecified atom stereocenters. The molecule has 22 heavy (non-hydrogen) atoms. The Morgan fingerprint density at radius 2 is 2.09 bits per heavy atom. The minimum absolute atomic E-state index is 0.0816. The van der Waals surface area contributed by atoms with Crippen LogP contribution in [-0.4, -0.2) is 21.4 Å². The third-order valence-corrected chi connectivity index (χ3v) is 4.22. The third-order valence-electron chi connectivity index (χ3n) is 4.22. The fraction of sp³-hybridized carbons (Fsp3) is 0.333. The molecular formula is C18H19N3O. The zero-order valence-electron chi connectivity index (χ0n) is 12.7. The number of ether oxygens (including phenoxy) is 1. The highest BCUT2D eigenvalue weighted by atomic mass is 16.5. The van der Waals surface area contributed by atoms with Crippen LogP contribution in [0.1, 0.15) is 31.1 Å². The number of aromatic nitrogens is 3. The molecule has 4 rings (SSSR count). The Morgan fingerprint density at radius 1 is 1.14 bits per heavy atom. The molecule has 0 saturated carbocycles. The molecule has 3 aromatic rings. The normalized spacial score (nSPS) is 18.7. The predicted molar refractivity (Wildman–Crippen MR) is 86.5 cm³/mol. The molecule has 1 aliphatic rings. The number of fused-ring (bicyclic) bond motifs is 1. The van der Waals surface area contributed by atoms with E-state index in [2.05, 4.69) is 47.5 Å². The Balaban J connectivity index is 1.68. The molecule has 3 heterocycles. The number of pyridine rings is 1. The van der Waals surface area contributed by atoms with Gasteiger partial charge in [-0.2, -0.15) is 5.10 Å². The molecule has 0 aliphatic carbocycles. The molecule has 4 nitrogen and oxygen atoms in total. The fourth-order valence-corrected chi connectivity index (χ4v) is 2.99. The van der Waals surface area contributed by atoms with Crippen molar-refractivity contribution >= 4 is 10.9 Å². The first-order chi connectivity index (χ1) is 10.8. The summed E-state index contributed by atoms with van der Waals surface area (Å²) < 4.78 is 7.72. The van der Waals surface area contributed by atoms with Crippen molar-refractivity contribution in [2.45, 2.75) is 32.4 Å². The molecule has 4 heteroatoms. The summed E-state index contributed by atoms with van der Waals surface area (Å²) >= 11 is 0. The van der Waals surface area contributed by atoms with Crippen LogP contribution in [0.15, 0.2) is 42.9 Å². The van der Waals surface area contributed by atoms with Gasteiger partial charge < -0.3 is 4.74 Å². The van der Waals surface area contributed by atoms with Crippen LogP contribution < -0.4 is 0 Å². The van der Waals surface area contributed by atoms with Gasteiger partial charge in [-0.05, 0) is 44.4 Å². The SMILES string of the molecule is Cc1ccc2ncc(-c3cnn(C4CCCCO4)c3)cc2c1. The lowest BCUT2D eigenvalue weighted by atomic mass is 10.1. The van der Waals surface area contributed by atoms with Gasteiger partial charge in [0.15, 0.2) is 0 Å². The van der Waals surface area contributed by atoms with E-state index in [0.717, 1.165) is 36.1 Å². The third kappa shape index (κ3) is 2.50. The van der Waals surface area contributed by atoms with Crippen molar-refractivity contribution in [1.29, 1.82) is 0 Å². The highest BCUT2D eigenvalue weighted by Crippen LogP contribution is 2.26. The maximum absolute atomic E-state index is 5.78. The number of benzene rings is 1. The molecule has 0 spiro atoms. The van der Waals surface area contributed by atoms with E-state index in [1.807, 2.05) is 17.1 Å². The van der Waals surface area contributed by atoms with Gasteiger partial charge in [0.25, 0.3) is 0 Å². The van der Waals surface area contributed by atoms with Crippen LogP contribution in [0.5, 0.6) is 0 Å². The largest absolute Gasteiger partial charge is 0.357 e. The Kier molecular flexibility index (Phi) is 3.39. The van der Waals surface area contributed by atoms with Gasteiger partial charge >= 0.3 is 0 Å². The molecule has 0 radical (unpaired) electrons. The molecule has 1 saturated heterocycles. The van der Waals surface area contributed by atoms with E-state index in [-0.39, 0.29) is 6.23 Å². The van der Waals surface area contributed by atoms with Gasteiger partial charge in [0.2, 0.25) is 0 Å². The molecule has 2 aromatic heterocycles. The smallest absolute Gasteiger partial charge is 0.150 e. The monoisotopic (exact) mass is 293 g/mol. The lowest BCUT2D eigenvalue weighted by molar-refractivity contribution is -0.0394. The summed E-state index contributed by atoms with van der Waals surface area (Å²) in [7, 11) is 0. The number of nitrogens with zero attached hydrogens (tertiary/aromatic N) is 3. The standard InChI is InChI=1S/C18H19N3O/c1-13-5-6-17-14(8-13)9-15(10-19-17)16-11-20-21(12-16)18-4-2-3-7-22-18/h5-6,8-12,18H,2-4,7H2,1H3. The summed E-state index contributed by atoms with van der Waals surface area (Å²) in [4.78, 5) is 4.55. The molecule has 0 N–H and O–H groups in total. The van der Waals surface area contributed by atoms with E-state index in [1.165, 1.54) is 17.4 Å². The lowest BCUT2D eigenvalue weighted by Crippen LogP contribution is -2.18. The number of hydrogen-bond acceptors (Lipinski definition) is 3. The van der Waals surface area contributed by atoms with Crippen LogP contribution in [-0.2, 0) is 4.74 Å². The molecule has 112 valence electrons. The molecule has 1 atom stereocenters. The van der Waals surface area contributed by atoms with Gasteiger partial charge in [0.1, 0.15) is 6.23 Å². The minimum atomic E-state index is 0.0816. The summed E-state index contributed by atoms with van der Waals surface area (Å²) in [6.45, 7) is 2.93. The minimum Gasteiger partial charge on any atom is -0.357 e. The van der Waals surface area contributed by atoms with E-state index in [1.54, 1.807) is 0 Å². The van der Waals surface area contributed by atoms with Crippen LogP contribution in [0.25, 0.3) is 22.0 Å². The van der Waals surface area contributed by atoms with E-state index in [4.69, 9.17) is 4.74 Å². The average Bonchev–Trinajstić information content (AvgIpc) is 3.05. The molecule has 0 bridgehead atoms. The topological polar surface area (TPSA) is 39.9 Å². The molecule has 0 amide bonds. The Morgan fingerprint density at radius 3 is 2.95 bits per heavy atom. The highest BCUT2D eigenvalue weighted by Gasteiger charge is 2.16. The molecular weight excluding hydrogens is 274 g/mol.